The number of rotatable bonds is 14. The second kappa shape index (κ2) is 15.5. The summed E-state index contributed by atoms with van der Waals surface area (Å²) in [5, 5.41) is 67.7. The molecule has 0 radical (unpaired) electrons. The highest BCUT2D eigenvalue weighted by Gasteiger charge is 2.53. The Balaban J connectivity index is 1.16. The number of amides is 1. The number of fused-ring (bicyclic) bond motifs is 3. The number of ether oxygens (including phenoxy) is 1. The standard InChI is InChI=1S/C43H51N3O12/c1-24-15-32(49)30-16-27-17-34(58-55-23-43(54,39(52)36(51)33(50)22-47)18-25-5-7-29(48)8-6-25)41(2,13-9-28-19-45-40(53)42(28)11-3-4-12-42)57-37(27)35(38(30)56-24)46-20-26-10-14-44-31(26)21-46/h5-8,10,14-16,20-21,28,33-34,36,39,44,47-48,50-52,54H,3-4,9,11-13,17-19,22-23H2,1-2H3,(H,45,53). The van der Waals surface area contributed by atoms with Crippen LogP contribution < -0.4 is 15.5 Å². The van der Waals surface area contributed by atoms with Crippen molar-refractivity contribution in [1.29, 1.82) is 0 Å². The van der Waals surface area contributed by atoms with E-state index in [2.05, 4.69) is 10.3 Å². The van der Waals surface area contributed by atoms with Gasteiger partial charge >= 0.3 is 0 Å². The van der Waals surface area contributed by atoms with Crippen molar-refractivity contribution in [3.63, 3.8) is 0 Å². The van der Waals surface area contributed by atoms with Crippen LogP contribution in [0.5, 0.6) is 11.5 Å². The SMILES string of the molecule is Cc1cc(=O)c2cc3c(c(-n4cc5cc[nH]c5c4)c2o1)OC(C)(CCC1CNC(=O)C12CCCC2)C(OOCC(O)(Cc1ccc(O)cc1)C(O)C(O)C(O)CO)C3. The molecule has 2 aliphatic heterocycles. The lowest BCUT2D eigenvalue weighted by molar-refractivity contribution is -0.371. The summed E-state index contributed by atoms with van der Waals surface area (Å²) in [7, 11) is 0. The van der Waals surface area contributed by atoms with Gasteiger partial charge < -0.3 is 54.7 Å². The molecule has 1 saturated heterocycles. The second-order valence-electron chi connectivity index (χ2n) is 16.7. The number of phenolic OH excluding ortho intramolecular Hbond substituents is 1. The van der Waals surface area contributed by atoms with E-state index in [1.807, 2.05) is 36.1 Å². The van der Waals surface area contributed by atoms with E-state index in [9.17, 15) is 40.2 Å². The van der Waals surface area contributed by atoms with Crippen molar-refractivity contribution in [2.75, 3.05) is 19.8 Å². The number of aliphatic hydroxyl groups excluding tert-OH is 4. The van der Waals surface area contributed by atoms with Crippen LogP contribution >= 0.6 is 0 Å². The molecule has 0 bridgehead atoms. The maximum Gasteiger partial charge on any atom is 0.226 e. The van der Waals surface area contributed by atoms with Gasteiger partial charge in [0.1, 0.15) is 59.4 Å². The summed E-state index contributed by atoms with van der Waals surface area (Å²) >= 11 is 0. The number of nitrogens with one attached hydrogen (secondary N) is 2. The Hall–Kier alpha value is -4.74. The number of hydrogen-bond donors (Lipinski definition) is 8. The van der Waals surface area contributed by atoms with Crippen LogP contribution in [0.3, 0.4) is 0 Å². The molecule has 2 fully saturated rings. The van der Waals surface area contributed by atoms with Crippen molar-refractivity contribution in [1.82, 2.24) is 14.9 Å². The van der Waals surface area contributed by atoms with E-state index in [-0.39, 0.29) is 35.8 Å². The van der Waals surface area contributed by atoms with E-state index in [0.29, 0.717) is 58.7 Å². The van der Waals surface area contributed by atoms with Gasteiger partial charge in [0.05, 0.1) is 22.9 Å². The summed E-state index contributed by atoms with van der Waals surface area (Å²) < 4.78 is 15.2. The number of H-pyrrole nitrogens is 1. The molecule has 8 N–H and O–H groups in total. The molecule has 3 aromatic heterocycles. The topological polar surface area (TPSA) is 229 Å². The normalized spacial score (nSPS) is 24.1. The third kappa shape index (κ3) is 7.18. The first kappa shape index (κ1) is 40.1. The maximum atomic E-state index is 13.5. The smallest absolute Gasteiger partial charge is 0.226 e. The van der Waals surface area contributed by atoms with Crippen LogP contribution in [0, 0.1) is 18.3 Å². The summed E-state index contributed by atoms with van der Waals surface area (Å²) in [5.41, 5.74) is -1.21. The Labute approximate surface area is 333 Å². The van der Waals surface area contributed by atoms with Crippen LogP contribution in [0.1, 0.15) is 62.3 Å². The van der Waals surface area contributed by atoms with Gasteiger partial charge in [0, 0.05) is 55.0 Å². The minimum atomic E-state index is -2.27. The van der Waals surface area contributed by atoms with Crippen LogP contribution in [0.2, 0.25) is 0 Å². The summed E-state index contributed by atoms with van der Waals surface area (Å²) in [4.78, 5) is 42.0. The highest BCUT2D eigenvalue weighted by atomic mass is 17.2. The monoisotopic (exact) mass is 801 g/mol. The molecule has 1 amide bonds. The molecule has 7 atom stereocenters. The van der Waals surface area contributed by atoms with Gasteiger partial charge in [0.2, 0.25) is 5.91 Å². The third-order valence-corrected chi connectivity index (χ3v) is 12.8. The van der Waals surface area contributed by atoms with Gasteiger partial charge in [-0.15, -0.1) is 0 Å². The Kier molecular flexibility index (Phi) is 10.7. The van der Waals surface area contributed by atoms with Crippen molar-refractivity contribution in [3.8, 4) is 17.2 Å². The minimum absolute atomic E-state index is 0.0187. The predicted octanol–water partition coefficient (Wildman–Crippen LogP) is 3.22. The Morgan fingerprint density at radius 1 is 1.07 bits per heavy atom. The molecule has 7 unspecified atom stereocenters. The molecule has 15 heteroatoms. The lowest BCUT2D eigenvalue weighted by Gasteiger charge is -2.43. The van der Waals surface area contributed by atoms with E-state index in [1.165, 1.54) is 30.3 Å². The van der Waals surface area contributed by atoms with Crippen molar-refractivity contribution in [2.24, 2.45) is 11.3 Å². The van der Waals surface area contributed by atoms with Crippen molar-refractivity contribution < 1.29 is 54.4 Å². The number of aliphatic hydroxyl groups is 5. The van der Waals surface area contributed by atoms with E-state index in [0.717, 1.165) is 36.6 Å². The Morgan fingerprint density at radius 2 is 1.83 bits per heavy atom. The number of aryl methyl sites for hydroxylation is 1. The third-order valence-electron chi connectivity index (χ3n) is 12.8. The average Bonchev–Trinajstić information content (AvgIpc) is 4.01. The highest BCUT2D eigenvalue weighted by molar-refractivity contribution is 5.91. The zero-order valence-corrected chi connectivity index (χ0v) is 32.5. The number of nitrogens with zero attached hydrogens (tertiary/aromatic N) is 1. The number of aromatic hydroxyl groups is 1. The number of phenols is 1. The second-order valence-corrected chi connectivity index (χ2v) is 16.7. The number of aromatic amines is 1. The first-order valence-corrected chi connectivity index (χ1v) is 19.9. The molecule has 1 aliphatic carbocycles. The van der Waals surface area contributed by atoms with Crippen LogP contribution in [0.25, 0.3) is 27.6 Å². The van der Waals surface area contributed by atoms with Crippen LogP contribution in [0.15, 0.2) is 70.3 Å². The Morgan fingerprint density at radius 3 is 2.55 bits per heavy atom. The molecular weight excluding hydrogens is 750 g/mol. The highest BCUT2D eigenvalue weighted by Crippen LogP contribution is 2.51. The van der Waals surface area contributed by atoms with Crippen molar-refractivity contribution in [2.45, 2.75) is 101 Å². The van der Waals surface area contributed by atoms with Gasteiger partial charge in [-0.1, -0.05) is 25.0 Å². The first-order valence-electron chi connectivity index (χ1n) is 19.9. The summed E-state index contributed by atoms with van der Waals surface area (Å²) in [6.45, 7) is 2.59. The van der Waals surface area contributed by atoms with Gasteiger partial charge in [-0.2, -0.15) is 0 Å². The lowest BCUT2D eigenvalue weighted by atomic mass is 9.72. The summed E-state index contributed by atoms with van der Waals surface area (Å²) in [6.07, 6.45) is 3.59. The van der Waals surface area contributed by atoms with Gasteiger partial charge in [-0.05, 0) is 75.3 Å². The van der Waals surface area contributed by atoms with E-state index in [1.54, 1.807) is 13.0 Å². The molecule has 5 aromatic rings. The van der Waals surface area contributed by atoms with Crippen LogP contribution in [-0.2, 0) is 27.4 Å². The molecule has 1 spiro atoms. The lowest BCUT2D eigenvalue weighted by Crippen LogP contribution is -2.58. The van der Waals surface area contributed by atoms with E-state index < -0.39 is 54.2 Å². The average molecular weight is 802 g/mol. The molecule has 15 nitrogen and oxygen atoms in total. The van der Waals surface area contributed by atoms with Crippen molar-refractivity contribution in [3.05, 3.63) is 88.2 Å². The number of hydrogen-bond acceptors (Lipinski definition) is 12. The van der Waals surface area contributed by atoms with Crippen LogP contribution in [0.4, 0.5) is 0 Å². The molecule has 2 aromatic carbocycles. The largest absolute Gasteiger partial charge is 0.508 e. The zero-order chi connectivity index (χ0) is 41.0. The van der Waals surface area contributed by atoms with E-state index in [4.69, 9.17) is 18.9 Å². The van der Waals surface area contributed by atoms with Gasteiger partial charge in [0.25, 0.3) is 0 Å². The fourth-order valence-electron chi connectivity index (χ4n) is 9.38. The van der Waals surface area contributed by atoms with E-state index >= 15 is 0 Å². The number of benzene rings is 2. The van der Waals surface area contributed by atoms with Gasteiger partial charge in [0.15, 0.2) is 16.8 Å². The number of carbonyl (C=O) groups excluding carboxylic acids is 1. The molecule has 1 saturated carbocycles. The minimum Gasteiger partial charge on any atom is -0.508 e. The number of carbonyl (C=O) groups is 1. The fraction of sp³-hybridized carbons (Fsp3) is 0.488. The quantitative estimate of drug-likeness (QED) is 0.0598. The molecular formula is C43H51N3O12. The van der Waals surface area contributed by atoms with Gasteiger partial charge in [-0.3, -0.25) is 9.59 Å². The zero-order valence-electron chi connectivity index (χ0n) is 32.5. The molecule has 310 valence electrons. The predicted molar refractivity (Wildman–Crippen MR) is 210 cm³/mol. The summed E-state index contributed by atoms with van der Waals surface area (Å²) in [5.74, 6) is 1.04. The first-order chi connectivity index (χ1) is 27.7. The Bertz CT molecular complexity index is 2320. The maximum absolute atomic E-state index is 13.5. The fourth-order valence-corrected chi connectivity index (χ4v) is 9.38. The molecule has 5 heterocycles. The van der Waals surface area contributed by atoms with Crippen molar-refractivity contribution >= 4 is 27.8 Å². The molecule has 58 heavy (non-hydrogen) atoms. The molecule has 3 aliphatic rings. The van der Waals surface area contributed by atoms with Gasteiger partial charge in [-0.25, -0.2) is 9.78 Å². The van der Waals surface area contributed by atoms with Crippen LogP contribution in [-0.4, -0.2) is 101 Å². The molecule has 8 rings (SSSR count). The summed E-state index contributed by atoms with van der Waals surface area (Å²) in [6, 6.07) is 11.0. The number of aromatic nitrogens is 2.